The minimum atomic E-state index is -0.226. The number of hydrogen-bond donors (Lipinski definition) is 1. The van der Waals surface area contributed by atoms with Crippen molar-refractivity contribution >= 4 is 38.4 Å². The minimum absolute atomic E-state index is 0. The molecule has 0 saturated carbocycles. The van der Waals surface area contributed by atoms with E-state index in [0.29, 0.717) is 22.6 Å². The zero-order chi connectivity index (χ0) is 36.9. The smallest absolute Gasteiger partial charge is 0.325 e. The Labute approximate surface area is 321 Å². The molecule has 1 radical (unpaired) electrons. The molecular formula is C45H48IrN4O2. The van der Waals surface area contributed by atoms with Crippen molar-refractivity contribution in [3.05, 3.63) is 114 Å². The molecule has 6 aromatic rings. The van der Waals surface area contributed by atoms with Gasteiger partial charge in [-0.25, -0.2) is 0 Å². The summed E-state index contributed by atoms with van der Waals surface area (Å²) in [7, 11) is 0. The van der Waals surface area contributed by atoms with Crippen molar-refractivity contribution in [2.24, 2.45) is 10.8 Å². The molecule has 0 fully saturated rings. The first kappa shape index (κ1) is 40.0. The van der Waals surface area contributed by atoms with Gasteiger partial charge in [-0.3, -0.25) is 14.8 Å². The normalized spacial score (nSPS) is 11.9. The van der Waals surface area contributed by atoms with Crippen LogP contribution in [0.15, 0.2) is 91.1 Å². The van der Waals surface area contributed by atoms with Gasteiger partial charge in [-0.05, 0) is 83.6 Å². The van der Waals surface area contributed by atoms with Gasteiger partial charge in [0.2, 0.25) is 0 Å². The molecule has 4 aromatic carbocycles. The van der Waals surface area contributed by atoms with Gasteiger partial charge >= 0.3 is 5.78 Å². The first-order chi connectivity index (χ1) is 24.4. The summed E-state index contributed by atoms with van der Waals surface area (Å²) < 4.78 is 0. The molecule has 0 spiro atoms. The molecule has 0 aliphatic heterocycles. The molecule has 0 aliphatic carbocycles. The summed E-state index contributed by atoms with van der Waals surface area (Å²) in [6.45, 7) is 16.5. The maximum absolute atomic E-state index is 10.2. The SMILES string of the molecule is CCC(C)(CC)C(=[OH+])/C=C(\O)C(C)(CC)CC.Cc1[c-]c(-c2nccc3c2ccc2cc(-c4ccc(C#N)c5nccnc45)ccc23)cc(C)c1.[Ir]. The fourth-order valence-electron chi connectivity index (χ4n) is 6.48. The van der Waals surface area contributed by atoms with E-state index in [4.69, 9.17) is 4.98 Å². The molecule has 0 bridgehead atoms. The molecule has 0 unspecified atom stereocenters. The van der Waals surface area contributed by atoms with Gasteiger partial charge in [-0.2, -0.15) is 5.26 Å². The van der Waals surface area contributed by atoms with E-state index in [2.05, 4.69) is 112 Å². The van der Waals surface area contributed by atoms with Crippen molar-refractivity contribution in [2.75, 3.05) is 0 Å². The fraction of sp³-hybridized carbons (Fsp3) is 0.311. The topological polar surface area (TPSA) is 104 Å². The molecule has 0 atom stereocenters. The fourth-order valence-corrected chi connectivity index (χ4v) is 6.48. The standard InChI is InChI=1S/C30H19N4.C15H28O2.Ir/c1-18-13-19(2)15-23(14-18)28-27-8-4-20-16-21(3-6-24(20)26(27)9-10-32-28)25-7-5-22(17-31)29-30(25)34-12-11-33-29;1-7-14(5,8-2)12(16)11-13(17)15(6,9-3)10-4;/h3-14,16H,1-2H3;11,16H,7-10H2,1-6H3;/q-1;;/p+1/b;12-11-;. The summed E-state index contributed by atoms with van der Waals surface area (Å²) in [5, 5.41) is 24.2. The monoisotopic (exact) mass is 869 g/mol. The van der Waals surface area contributed by atoms with Crippen LogP contribution in [0.1, 0.15) is 83.9 Å². The number of pyridine rings is 1. The van der Waals surface area contributed by atoms with Crippen molar-refractivity contribution in [2.45, 2.75) is 81.1 Å². The van der Waals surface area contributed by atoms with Gasteiger partial charge in [0.25, 0.3) is 0 Å². The second kappa shape index (κ2) is 16.7. The molecule has 2 N–H and O–H groups in total. The van der Waals surface area contributed by atoms with E-state index >= 15 is 0 Å². The third-order valence-electron chi connectivity index (χ3n) is 10.9. The van der Waals surface area contributed by atoms with Gasteiger partial charge in [0, 0.05) is 49.7 Å². The number of nitrogens with zero attached hydrogens (tertiary/aromatic N) is 4. The van der Waals surface area contributed by atoms with Crippen molar-refractivity contribution in [3.8, 4) is 28.5 Å². The number of hydrogen-bond acceptors (Lipinski definition) is 5. The van der Waals surface area contributed by atoms with E-state index in [1.54, 1.807) is 18.5 Å². The molecule has 0 amide bonds. The summed E-state index contributed by atoms with van der Waals surface area (Å²) in [5.41, 5.74) is 7.72. The maximum Gasteiger partial charge on any atom is 0.325 e. The molecular weight excluding hydrogens is 821 g/mol. The second-order valence-electron chi connectivity index (χ2n) is 14.0. The van der Waals surface area contributed by atoms with Crippen LogP contribution in [0.3, 0.4) is 0 Å². The summed E-state index contributed by atoms with van der Waals surface area (Å²) in [4.78, 5) is 23.8. The van der Waals surface area contributed by atoms with Gasteiger partial charge in [-0.15, -0.1) is 34.9 Å². The van der Waals surface area contributed by atoms with Crippen LogP contribution < -0.4 is 0 Å². The zero-order valence-corrected chi connectivity index (χ0v) is 33.8. The van der Waals surface area contributed by atoms with Crippen molar-refractivity contribution in [1.29, 1.82) is 5.26 Å². The van der Waals surface area contributed by atoms with E-state index in [1.165, 1.54) is 10.9 Å². The van der Waals surface area contributed by atoms with Gasteiger partial charge in [0.1, 0.15) is 17.3 Å². The molecule has 6 nitrogen and oxygen atoms in total. The van der Waals surface area contributed by atoms with Crippen molar-refractivity contribution < 1.29 is 30.0 Å². The van der Waals surface area contributed by atoms with Crippen molar-refractivity contribution in [3.63, 3.8) is 0 Å². The molecule has 7 heteroatoms. The zero-order valence-electron chi connectivity index (χ0n) is 31.4. The van der Waals surface area contributed by atoms with E-state index in [-0.39, 0.29) is 30.9 Å². The average molecular weight is 869 g/mol. The number of aliphatic hydroxyl groups is 1. The Hall–Kier alpha value is -4.76. The molecule has 2 aromatic heterocycles. The summed E-state index contributed by atoms with van der Waals surface area (Å²) >= 11 is 0. The Morgan fingerprint density at radius 2 is 1.44 bits per heavy atom. The maximum atomic E-state index is 10.2. The quantitative estimate of drug-likeness (QED) is 0.0512. The van der Waals surface area contributed by atoms with Crippen LogP contribution in [0, 0.1) is 42.1 Å². The Bertz CT molecular complexity index is 2290. The van der Waals surface area contributed by atoms with Gasteiger partial charge in [0.05, 0.1) is 22.6 Å². The van der Waals surface area contributed by atoms with Crippen LogP contribution in [-0.2, 0) is 20.1 Å². The Morgan fingerprint density at radius 3 is 2.08 bits per heavy atom. The van der Waals surface area contributed by atoms with Crippen LogP contribution in [0.5, 0.6) is 0 Å². The first-order valence-corrected chi connectivity index (χ1v) is 17.9. The Kier molecular flexibility index (Phi) is 12.9. The molecule has 6 rings (SSSR count). The van der Waals surface area contributed by atoms with Crippen LogP contribution in [0.2, 0.25) is 0 Å². The number of nitriles is 1. The molecule has 0 aliphatic rings. The number of aliphatic hydroxyl groups excluding tert-OH is 1. The van der Waals surface area contributed by atoms with E-state index in [9.17, 15) is 15.2 Å². The number of aromatic nitrogens is 3. The molecule has 0 saturated heterocycles. The van der Waals surface area contributed by atoms with Crippen LogP contribution >= 0.6 is 0 Å². The van der Waals surface area contributed by atoms with E-state index < -0.39 is 0 Å². The Balaban J connectivity index is 0.000000289. The number of benzene rings is 4. The van der Waals surface area contributed by atoms with E-state index in [1.807, 2.05) is 32.2 Å². The van der Waals surface area contributed by atoms with Crippen molar-refractivity contribution in [1.82, 2.24) is 15.0 Å². The van der Waals surface area contributed by atoms with Crippen LogP contribution in [-0.4, -0.2) is 30.6 Å². The molecule has 52 heavy (non-hydrogen) atoms. The summed E-state index contributed by atoms with van der Waals surface area (Å²) in [6.07, 6.45) is 10.2. The summed E-state index contributed by atoms with van der Waals surface area (Å²) in [5.74, 6) is 0.598. The predicted octanol–water partition coefficient (Wildman–Crippen LogP) is 11.6. The number of rotatable bonds is 9. The number of allylic oxidation sites excluding steroid dienone is 2. The Morgan fingerprint density at radius 1 is 0.788 bits per heavy atom. The first-order valence-electron chi connectivity index (χ1n) is 17.9. The van der Waals surface area contributed by atoms with Gasteiger partial charge in [-0.1, -0.05) is 78.8 Å². The van der Waals surface area contributed by atoms with Gasteiger partial charge in [0.15, 0.2) is 0 Å². The number of aryl methyl sites for hydroxylation is 2. The third kappa shape index (κ3) is 7.99. The number of carbonyl (C=O) groups excluding carboxylic acids is 1. The summed E-state index contributed by atoms with van der Waals surface area (Å²) in [6, 6.07) is 26.5. The largest absolute Gasteiger partial charge is 0.511 e. The third-order valence-corrected chi connectivity index (χ3v) is 10.9. The molecule has 269 valence electrons. The molecule has 2 heterocycles. The number of ketones is 1. The minimum Gasteiger partial charge on any atom is -0.511 e. The van der Waals surface area contributed by atoms with Crippen LogP contribution in [0.25, 0.3) is 55.0 Å². The number of fused-ring (bicyclic) bond motifs is 4. The predicted molar refractivity (Wildman–Crippen MR) is 211 cm³/mol. The van der Waals surface area contributed by atoms with Crippen LogP contribution in [0.4, 0.5) is 0 Å². The average Bonchev–Trinajstić information content (AvgIpc) is 3.15. The van der Waals surface area contributed by atoms with E-state index in [0.717, 1.165) is 75.3 Å². The van der Waals surface area contributed by atoms with Gasteiger partial charge < -0.3 is 10.1 Å². The second-order valence-corrected chi connectivity index (χ2v) is 14.0.